The van der Waals surface area contributed by atoms with Gasteiger partial charge in [0.1, 0.15) is 6.04 Å². The summed E-state index contributed by atoms with van der Waals surface area (Å²) in [7, 11) is 0. The smallest absolute Gasteiger partial charge is 0.330 e. The van der Waals surface area contributed by atoms with Gasteiger partial charge in [0.05, 0.1) is 0 Å². The van der Waals surface area contributed by atoms with Gasteiger partial charge in [-0.2, -0.15) is 0 Å². The van der Waals surface area contributed by atoms with Gasteiger partial charge in [0.15, 0.2) is 0 Å². The van der Waals surface area contributed by atoms with Crippen molar-refractivity contribution in [2.75, 3.05) is 5.32 Å². The number of carboxylic acids is 1. The highest BCUT2D eigenvalue weighted by Gasteiger charge is 2.23. The van der Waals surface area contributed by atoms with Gasteiger partial charge in [0.25, 0.3) is 0 Å². The Morgan fingerprint density at radius 1 is 1.43 bits per heavy atom. The van der Waals surface area contributed by atoms with Gasteiger partial charge >= 0.3 is 5.97 Å². The lowest BCUT2D eigenvalue weighted by Crippen LogP contribution is -2.32. The van der Waals surface area contributed by atoms with Gasteiger partial charge < -0.3 is 10.4 Å². The number of benzene rings is 1. The quantitative estimate of drug-likeness (QED) is 0.710. The summed E-state index contributed by atoms with van der Waals surface area (Å²) in [6, 6.07) is 7.08. The number of para-hydroxylation sites is 1. The van der Waals surface area contributed by atoms with Crippen LogP contribution in [0.1, 0.15) is 12.5 Å². The van der Waals surface area contributed by atoms with Crippen molar-refractivity contribution < 1.29 is 9.90 Å². The zero-order chi connectivity index (χ0) is 10.1. The van der Waals surface area contributed by atoms with E-state index in [0.29, 0.717) is 0 Å². The Morgan fingerprint density at radius 3 is 2.86 bits per heavy atom. The molecule has 2 rings (SSSR count). The summed E-state index contributed by atoms with van der Waals surface area (Å²) < 4.78 is 0. The standard InChI is InChI=1S/C11H11NO2/c1-7-6-8-4-2-3-5-9(8)12-10(7)11(13)14/h2-6,10,12H,1H3,(H,13,14). The molecule has 0 fully saturated rings. The summed E-state index contributed by atoms with van der Waals surface area (Å²) in [5.74, 6) is -0.840. The Bertz CT molecular complexity index is 410. The van der Waals surface area contributed by atoms with Crippen LogP contribution >= 0.6 is 0 Å². The number of rotatable bonds is 1. The molecule has 3 nitrogen and oxygen atoms in total. The minimum atomic E-state index is -0.840. The molecular formula is C11H11NO2. The minimum Gasteiger partial charge on any atom is -0.479 e. The fraction of sp³-hybridized carbons (Fsp3) is 0.182. The Kier molecular flexibility index (Phi) is 2.00. The van der Waals surface area contributed by atoms with Gasteiger partial charge in [-0.3, -0.25) is 0 Å². The van der Waals surface area contributed by atoms with E-state index >= 15 is 0 Å². The van der Waals surface area contributed by atoms with Gasteiger partial charge in [0.2, 0.25) is 0 Å². The maximum Gasteiger partial charge on any atom is 0.330 e. The molecule has 2 N–H and O–H groups in total. The van der Waals surface area contributed by atoms with Crippen molar-refractivity contribution in [1.82, 2.24) is 0 Å². The van der Waals surface area contributed by atoms with Crippen LogP contribution in [-0.4, -0.2) is 17.1 Å². The van der Waals surface area contributed by atoms with Crippen LogP contribution in [0.15, 0.2) is 29.8 Å². The average Bonchev–Trinajstić information content (AvgIpc) is 2.16. The minimum absolute atomic E-state index is 0.593. The predicted octanol–water partition coefficient (Wildman–Crippen LogP) is 1.97. The highest BCUT2D eigenvalue weighted by molar-refractivity contribution is 5.87. The Balaban J connectivity index is 2.43. The third-order valence-corrected chi connectivity index (χ3v) is 2.35. The Morgan fingerprint density at radius 2 is 2.14 bits per heavy atom. The molecule has 1 atom stereocenters. The van der Waals surface area contributed by atoms with Crippen LogP contribution in [0.2, 0.25) is 0 Å². The number of carbonyl (C=O) groups is 1. The predicted molar refractivity (Wildman–Crippen MR) is 55.1 cm³/mol. The Hall–Kier alpha value is -1.77. The molecule has 1 aliphatic heterocycles. The zero-order valence-corrected chi connectivity index (χ0v) is 7.82. The van der Waals surface area contributed by atoms with Gasteiger partial charge in [-0.15, -0.1) is 0 Å². The fourth-order valence-corrected chi connectivity index (χ4v) is 1.61. The van der Waals surface area contributed by atoms with Crippen LogP contribution in [0.25, 0.3) is 6.08 Å². The van der Waals surface area contributed by atoms with E-state index in [-0.39, 0.29) is 0 Å². The average molecular weight is 189 g/mol. The summed E-state index contributed by atoms with van der Waals surface area (Å²) in [5, 5.41) is 11.9. The largest absolute Gasteiger partial charge is 0.479 e. The molecule has 3 heteroatoms. The molecule has 1 aromatic carbocycles. The number of fused-ring (bicyclic) bond motifs is 1. The first-order chi connectivity index (χ1) is 6.68. The second kappa shape index (κ2) is 3.18. The van der Waals surface area contributed by atoms with E-state index in [9.17, 15) is 4.79 Å². The van der Waals surface area contributed by atoms with Crippen molar-refractivity contribution in [3.8, 4) is 0 Å². The molecule has 0 amide bonds. The van der Waals surface area contributed by atoms with E-state index in [1.807, 2.05) is 37.3 Å². The first kappa shape index (κ1) is 8.81. The SMILES string of the molecule is CC1=Cc2ccccc2NC1C(=O)O. The molecular weight excluding hydrogens is 178 g/mol. The molecule has 1 heterocycles. The monoisotopic (exact) mass is 189 g/mol. The molecule has 1 aliphatic rings. The van der Waals surface area contributed by atoms with E-state index in [4.69, 9.17) is 5.11 Å². The van der Waals surface area contributed by atoms with Crippen LogP contribution in [0, 0.1) is 0 Å². The molecule has 0 aliphatic carbocycles. The van der Waals surface area contributed by atoms with Gasteiger partial charge in [-0.1, -0.05) is 24.3 Å². The van der Waals surface area contributed by atoms with Gasteiger partial charge in [0, 0.05) is 5.69 Å². The third-order valence-electron chi connectivity index (χ3n) is 2.35. The zero-order valence-electron chi connectivity index (χ0n) is 7.82. The van der Waals surface area contributed by atoms with Crippen LogP contribution in [0.3, 0.4) is 0 Å². The first-order valence-corrected chi connectivity index (χ1v) is 4.45. The summed E-state index contributed by atoms with van der Waals surface area (Å²) in [4.78, 5) is 10.9. The highest BCUT2D eigenvalue weighted by Crippen LogP contribution is 2.26. The molecule has 14 heavy (non-hydrogen) atoms. The third kappa shape index (κ3) is 1.37. The van der Waals surface area contributed by atoms with Crippen molar-refractivity contribution in [1.29, 1.82) is 0 Å². The summed E-state index contributed by atoms with van der Waals surface area (Å²) in [6.07, 6.45) is 1.91. The van der Waals surface area contributed by atoms with Crippen molar-refractivity contribution >= 4 is 17.7 Å². The fourth-order valence-electron chi connectivity index (χ4n) is 1.61. The lowest BCUT2D eigenvalue weighted by atomic mass is 9.99. The molecule has 0 bridgehead atoms. The second-order valence-electron chi connectivity index (χ2n) is 3.39. The van der Waals surface area contributed by atoms with E-state index in [1.165, 1.54) is 0 Å². The van der Waals surface area contributed by atoms with Gasteiger partial charge in [-0.05, 0) is 24.1 Å². The number of hydrogen-bond donors (Lipinski definition) is 2. The number of carboxylic acid groups (broad SMARTS) is 1. The molecule has 1 unspecified atom stereocenters. The highest BCUT2D eigenvalue weighted by atomic mass is 16.4. The van der Waals surface area contributed by atoms with E-state index in [1.54, 1.807) is 0 Å². The van der Waals surface area contributed by atoms with E-state index in [2.05, 4.69) is 5.32 Å². The lowest BCUT2D eigenvalue weighted by Gasteiger charge is -2.22. The first-order valence-electron chi connectivity index (χ1n) is 4.45. The van der Waals surface area contributed by atoms with Crippen molar-refractivity contribution in [2.45, 2.75) is 13.0 Å². The molecule has 1 aromatic rings. The second-order valence-corrected chi connectivity index (χ2v) is 3.39. The number of aliphatic carboxylic acids is 1. The van der Waals surface area contributed by atoms with Crippen LogP contribution in [0.5, 0.6) is 0 Å². The molecule has 0 radical (unpaired) electrons. The van der Waals surface area contributed by atoms with Crippen molar-refractivity contribution in [3.63, 3.8) is 0 Å². The lowest BCUT2D eigenvalue weighted by molar-refractivity contribution is -0.137. The molecule has 0 saturated heterocycles. The van der Waals surface area contributed by atoms with Crippen LogP contribution < -0.4 is 5.32 Å². The normalized spacial score (nSPS) is 19.2. The molecule has 0 aromatic heterocycles. The van der Waals surface area contributed by atoms with Crippen molar-refractivity contribution in [2.24, 2.45) is 0 Å². The molecule has 0 spiro atoms. The molecule has 72 valence electrons. The number of anilines is 1. The Labute approximate surface area is 82.1 Å². The molecule has 0 saturated carbocycles. The van der Waals surface area contributed by atoms with Gasteiger partial charge in [-0.25, -0.2) is 4.79 Å². The summed E-state index contributed by atoms with van der Waals surface area (Å²) >= 11 is 0. The van der Waals surface area contributed by atoms with Crippen LogP contribution in [0.4, 0.5) is 5.69 Å². The van der Waals surface area contributed by atoms with E-state index < -0.39 is 12.0 Å². The van der Waals surface area contributed by atoms with Crippen molar-refractivity contribution in [3.05, 3.63) is 35.4 Å². The number of nitrogens with one attached hydrogen (secondary N) is 1. The number of hydrogen-bond acceptors (Lipinski definition) is 2. The topological polar surface area (TPSA) is 49.3 Å². The maximum absolute atomic E-state index is 10.9. The summed E-state index contributed by atoms with van der Waals surface area (Å²) in [5.41, 5.74) is 2.75. The summed E-state index contributed by atoms with van der Waals surface area (Å²) in [6.45, 7) is 1.82. The maximum atomic E-state index is 10.9. The van der Waals surface area contributed by atoms with E-state index in [0.717, 1.165) is 16.8 Å². The van der Waals surface area contributed by atoms with Crippen LogP contribution in [-0.2, 0) is 4.79 Å².